The standard InChI is InChI=1S/C16H20N2O2/c1-13-14(10-17-20-13)11-18-9-5-6-15(18)12-19-16-7-3-2-4-8-16/h2-4,7-8,10,15H,5-6,9,11-12H2,1H3/t15-/m0/s1. The molecule has 1 aliphatic rings. The van der Waals surface area contributed by atoms with Crippen LogP contribution in [0.25, 0.3) is 0 Å². The van der Waals surface area contributed by atoms with Crippen LogP contribution in [0.15, 0.2) is 41.1 Å². The summed E-state index contributed by atoms with van der Waals surface area (Å²) in [4.78, 5) is 2.46. The summed E-state index contributed by atoms with van der Waals surface area (Å²) in [6.07, 6.45) is 4.24. The molecular formula is C16H20N2O2. The van der Waals surface area contributed by atoms with E-state index in [0.29, 0.717) is 6.04 Å². The number of aryl methyl sites for hydroxylation is 1. The number of benzene rings is 1. The van der Waals surface area contributed by atoms with Crippen molar-refractivity contribution in [2.24, 2.45) is 0 Å². The van der Waals surface area contributed by atoms with Crippen LogP contribution in [0.5, 0.6) is 5.75 Å². The Morgan fingerprint density at radius 3 is 2.95 bits per heavy atom. The summed E-state index contributed by atoms with van der Waals surface area (Å²) in [7, 11) is 0. The van der Waals surface area contributed by atoms with Gasteiger partial charge in [0.15, 0.2) is 0 Å². The van der Waals surface area contributed by atoms with Gasteiger partial charge in [0, 0.05) is 18.2 Å². The molecule has 20 heavy (non-hydrogen) atoms. The zero-order chi connectivity index (χ0) is 13.8. The van der Waals surface area contributed by atoms with Crippen LogP contribution in [0.3, 0.4) is 0 Å². The highest BCUT2D eigenvalue weighted by molar-refractivity contribution is 5.21. The smallest absolute Gasteiger partial charge is 0.138 e. The molecule has 2 aromatic rings. The molecule has 106 valence electrons. The number of nitrogens with zero attached hydrogens (tertiary/aromatic N) is 2. The SMILES string of the molecule is Cc1oncc1CN1CCC[C@H]1COc1ccccc1. The van der Waals surface area contributed by atoms with Gasteiger partial charge in [0.1, 0.15) is 18.1 Å². The Labute approximate surface area is 119 Å². The minimum atomic E-state index is 0.476. The van der Waals surface area contributed by atoms with Crippen LogP contribution in [0.4, 0.5) is 0 Å². The predicted octanol–water partition coefficient (Wildman–Crippen LogP) is 3.03. The fourth-order valence-corrected chi connectivity index (χ4v) is 2.69. The Kier molecular flexibility index (Phi) is 4.02. The van der Waals surface area contributed by atoms with Crippen molar-refractivity contribution in [3.63, 3.8) is 0 Å². The van der Waals surface area contributed by atoms with Crippen molar-refractivity contribution >= 4 is 0 Å². The molecule has 2 heterocycles. The molecule has 0 spiro atoms. The van der Waals surface area contributed by atoms with E-state index in [4.69, 9.17) is 9.26 Å². The molecular weight excluding hydrogens is 252 g/mol. The summed E-state index contributed by atoms with van der Waals surface area (Å²) in [5, 5.41) is 3.85. The molecule has 0 bridgehead atoms. The van der Waals surface area contributed by atoms with Gasteiger partial charge < -0.3 is 9.26 Å². The minimum Gasteiger partial charge on any atom is -0.492 e. The second kappa shape index (κ2) is 6.09. The van der Waals surface area contributed by atoms with E-state index in [1.165, 1.54) is 18.4 Å². The largest absolute Gasteiger partial charge is 0.492 e. The van der Waals surface area contributed by atoms with Crippen LogP contribution >= 0.6 is 0 Å². The first kappa shape index (κ1) is 13.2. The van der Waals surface area contributed by atoms with E-state index in [9.17, 15) is 0 Å². The molecule has 1 aromatic carbocycles. The predicted molar refractivity (Wildman–Crippen MR) is 76.6 cm³/mol. The Balaban J connectivity index is 1.57. The van der Waals surface area contributed by atoms with Crippen molar-refractivity contribution in [3.05, 3.63) is 47.9 Å². The molecule has 0 radical (unpaired) electrons. The van der Waals surface area contributed by atoms with E-state index in [1.807, 2.05) is 43.5 Å². The maximum Gasteiger partial charge on any atom is 0.138 e. The van der Waals surface area contributed by atoms with Gasteiger partial charge in [-0.05, 0) is 38.4 Å². The second-order valence-electron chi connectivity index (χ2n) is 5.30. The highest BCUT2D eigenvalue weighted by atomic mass is 16.5. The van der Waals surface area contributed by atoms with Gasteiger partial charge in [0.05, 0.1) is 6.20 Å². The summed E-state index contributed by atoms with van der Waals surface area (Å²) in [5.74, 6) is 1.86. The van der Waals surface area contributed by atoms with Crippen LogP contribution in [-0.2, 0) is 6.54 Å². The third kappa shape index (κ3) is 3.02. The van der Waals surface area contributed by atoms with E-state index < -0.39 is 0 Å². The van der Waals surface area contributed by atoms with Crippen molar-refractivity contribution < 1.29 is 9.26 Å². The fraction of sp³-hybridized carbons (Fsp3) is 0.438. The number of aromatic nitrogens is 1. The summed E-state index contributed by atoms with van der Waals surface area (Å²) in [6, 6.07) is 10.5. The van der Waals surface area contributed by atoms with Gasteiger partial charge in [0.25, 0.3) is 0 Å². The van der Waals surface area contributed by atoms with Gasteiger partial charge in [-0.3, -0.25) is 4.90 Å². The molecule has 0 N–H and O–H groups in total. The molecule has 1 fully saturated rings. The van der Waals surface area contributed by atoms with Crippen molar-refractivity contribution in [1.29, 1.82) is 0 Å². The number of hydrogen-bond donors (Lipinski definition) is 0. The Morgan fingerprint density at radius 2 is 2.20 bits per heavy atom. The third-order valence-electron chi connectivity index (χ3n) is 3.91. The summed E-state index contributed by atoms with van der Waals surface area (Å²) >= 11 is 0. The lowest BCUT2D eigenvalue weighted by Gasteiger charge is -2.24. The number of rotatable bonds is 5. The van der Waals surface area contributed by atoms with E-state index >= 15 is 0 Å². The number of ether oxygens (including phenoxy) is 1. The molecule has 1 atom stereocenters. The number of hydrogen-bond acceptors (Lipinski definition) is 4. The van der Waals surface area contributed by atoms with Crippen LogP contribution < -0.4 is 4.74 Å². The van der Waals surface area contributed by atoms with Gasteiger partial charge in [-0.2, -0.15) is 0 Å². The summed E-state index contributed by atoms with van der Waals surface area (Å²) in [5.41, 5.74) is 1.18. The van der Waals surface area contributed by atoms with Crippen molar-refractivity contribution in [3.8, 4) is 5.75 Å². The van der Waals surface area contributed by atoms with Gasteiger partial charge >= 0.3 is 0 Å². The van der Waals surface area contributed by atoms with E-state index in [0.717, 1.165) is 31.2 Å². The second-order valence-corrected chi connectivity index (χ2v) is 5.30. The lowest BCUT2D eigenvalue weighted by atomic mass is 10.2. The van der Waals surface area contributed by atoms with E-state index in [-0.39, 0.29) is 0 Å². The molecule has 0 aliphatic carbocycles. The quantitative estimate of drug-likeness (QED) is 0.838. The van der Waals surface area contributed by atoms with Crippen molar-refractivity contribution in [2.75, 3.05) is 13.2 Å². The minimum absolute atomic E-state index is 0.476. The molecule has 1 saturated heterocycles. The van der Waals surface area contributed by atoms with Crippen LogP contribution in [0.1, 0.15) is 24.2 Å². The average Bonchev–Trinajstić information content (AvgIpc) is 3.08. The third-order valence-corrected chi connectivity index (χ3v) is 3.91. The highest BCUT2D eigenvalue weighted by Crippen LogP contribution is 2.22. The van der Waals surface area contributed by atoms with E-state index in [1.54, 1.807) is 0 Å². The first-order valence-corrected chi connectivity index (χ1v) is 7.15. The highest BCUT2D eigenvalue weighted by Gasteiger charge is 2.26. The van der Waals surface area contributed by atoms with Crippen LogP contribution in [0, 0.1) is 6.92 Å². The molecule has 0 amide bonds. The molecule has 4 nitrogen and oxygen atoms in total. The van der Waals surface area contributed by atoms with E-state index in [2.05, 4.69) is 10.1 Å². The van der Waals surface area contributed by atoms with Gasteiger partial charge in [-0.1, -0.05) is 23.4 Å². The molecule has 1 aliphatic heterocycles. The van der Waals surface area contributed by atoms with Crippen LogP contribution in [-0.4, -0.2) is 29.3 Å². The van der Waals surface area contributed by atoms with Crippen molar-refractivity contribution in [1.82, 2.24) is 10.1 Å². The maximum atomic E-state index is 5.89. The normalized spacial score (nSPS) is 19.4. The summed E-state index contributed by atoms with van der Waals surface area (Å²) < 4.78 is 11.0. The summed E-state index contributed by atoms with van der Waals surface area (Å²) in [6.45, 7) is 4.73. The molecule has 4 heteroatoms. The van der Waals surface area contributed by atoms with Crippen molar-refractivity contribution in [2.45, 2.75) is 32.4 Å². The topological polar surface area (TPSA) is 38.5 Å². The molecule has 1 aromatic heterocycles. The first-order chi connectivity index (χ1) is 9.83. The molecule has 0 saturated carbocycles. The number of likely N-dealkylation sites (tertiary alicyclic amines) is 1. The monoisotopic (exact) mass is 272 g/mol. The Morgan fingerprint density at radius 1 is 1.35 bits per heavy atom. The number of para-hydroxylation sites is 1. The fourth-order valence-electron chi connectivity index (χ4n) is 2.69. The lowest BCUT2D eigenvalue weighted by Crippen LogP contribution is -2.33. The van der Waals surface area contributed by atoms with Gasteiger partial charge in [-0.15, -0.1) is 0 Å². The van der Waals surface area contributed by atoms with Crippen LogP contribution in [0.2, 0.25) is 0 Å². The van der Waals surface area contributed by atoms with Gasteiger partial charge in [-0.25, -0.2) is 0 Å². The lowest BCUT2D eigenvalue weighted by molar-refractivity contribution is 0.166. The molecule has 3 rings (SSSR count). The first-order valence-electron chi connectivity index (χ1n) is 7.15. The zero-order valence-electron chi connectivity index (χ0n) is 11.8. The maximum absolute atomic E-state index is 5.89. The molecule has 0 unspecified atom stereocenters. The zero-order valence-corrected chi connectivity index (χ0v) is 11.8. The van der Waals surface area contributed by atoms with Gasteiger partial charge in [0.2, 0.25) is 0 Å². The Hall–Kier alpha value is -1.81. The average molecular weight is 272 g/mol. The Bertz CT molecular complexity index is 538.